The number of ketones is 1. The van der Waals surface area contributed by atoms with Crippen LogP contribution in [-0.4, -0.2) is 59.8 Å². The van der Waals surface area contributed by atoms with Gasteiger partial charge < -0.3 is 14.6 Å². The summed E-state index contributed by atoms with van der Waals surface area (Å²) in [4.78, 5) is 13.9. The van der Waals surface area contributed by atoms with Gasteiger partial charge in [-0.3, -0.25) is 4.79 Å². The zero-order valence-electron chi connectivity index (χ0n) is 28.3. The molecule has 8 rings (SSSR count). The fourth-order valence-electron chi connectivity index (χ4n) is 9.79. The summed E-state index contributed by atoms with van der Waals surface area (Å²) in [6, 6.07) is 9.28. The normalized spacial score (nSPS) is 34.4. The van der Waals surface area contributed by atoms with Crippen LogP contribution in [0.4, 0.5) is 0 Å². The van der Waals surface area contributed by atoms with E-state index >= 15 is 0 Å². The number of aliphatic hydroxyl groups is 2. The van der Waals surface area contributed by atoms with E-state index in [4.69, 9.17) is 4.42 Å². The number of nitrogens with zero attached hydrogens (tertiary/aromatic N) is 1. The van der Waals surface area contributed by atoms with Crippen LogP contribution in [0.15, 0.2) is 52.7 Å². The Morgan fingerprint density at radius 3 is 2.54 bits per heavy atom. The van der Waals surface area contributed by atoms with Gasteiger partial charge >= 0.3 is 0 Å². The molecule has 0 aliphatic heterocycles. The Morgan fingerprint density at radius 1 is 1.09 bits per heavy atom. The molecule has 4 bridgehead atoms. The van der Waals surface area contributed by atoms with Gasteiger partial charge in [0.25, 0.3) is 0 Å². The maximum atomic E-state index is 13.9. The van der Waals surface area contributed by atoms with Crippen LogP contribution in [0.2, 0.25) is 0 Å². The molecule has 0 radical (unpaired) electrons. The second-order valence-electron chi connectivity index (χ2n) is 16.0. The number of hydrogen-bond acceptors (Lipinski definition) is 6. The first-order chi connectivity index (χ1) is 21.6. The molecule has 1 aromatic carbocycles. The van der Waals surface area contributed by atoms with Crippen LogP contribution < -0.4 is 0 Å². The molecule has 7 nitrogen and oxygen atoms in total. The van der Waals surface area contributed by atoms with Gasteiger partial charge in [-0.25, -0.2) is 8.42 Å². The lowest BCUT2D eigenvalue weighted by Gasteiger charge is -2.60. The Morgan fingerprint density at radius 2 is 1.87 bits per heavy atom. The SMILES string of the molecule is CC1=CCC[C@@]2(C)[C@@H](CC[C@@]2(O)CN(C[C@@H]2CC[C@H]3C[C@@H]2C3(C)C)S(C)(=O)=O)c2ccc(cc2C(=O)c2ccco2)C[C@@H](O)CC1. The second-order valence-corrected chi connectivity index (χ2v) is 18.0. The largest absolute Gasteiger partial charge is 0.461 e. The van der Waals surface area contributed by atoms with E-state index in [9.17, 15) is 23.4 Å². The van der Waals surface area contributed by atoms with Crippen LogP contribution in [0.3, 0.4) is 0 Å². The number of carbonyl (C=O) groups excluding carboxylic acids is 1. The van der Waals surface area contributed by atoms with E-state index in [2.05, 4.69) is 33.8 Å². The topological polar surface area (TPSA) is 108 Å². The van der Waals surface area contributed by atoms with Crippen molar-refractivity contribution in [2.75, 3.05) is 19.3 Å². The molecule has 0 amide bonds. The summed E-state index contributed by atoms with van der Waals surface area (Å²) in [6.45, 7) is 9.37. The monoisotopic (exact) mass is 651 g/mol. The van der Waals surface area contributed by atoms with Crippen LogP contribution in [0.5, 0.6) is 0 Å². The number of aliphatic hydroxyl groups excluding tert-OH is 1. The number of rotatable bonds is 7. The predicted molar refractivity (Wildman–Crippen MR) is 180 cm³/mol. The van der Waals surface area contributed by atoms with Crippen LogP contribution in [0.1, 0.15) is 119 Å². The van der Waals surface area contributed by atoms with Gasteiger partial charge in [-0.05, 0) is 130 Å². The van der Waals surface area contributed by atoms with E-state index in [-0.39, 0.29) is 29.4 Å². The van der Waals surface area contributed by atoms with Crippen molar-refractivity contribution in [3.63, 3.8) is 0 Å². The van der Waals surface area contributed by atoms with Crippen molar-refractivity contribution in [1.82, 2.24) is 4.31 Å². The minimum absolute atomic E-state index is 0.0559. The van der Waals surface area contributed by atoms with Crippen LogP contribution in [0.25, 0.3) is 0 Å². The fraction of sp³-hybridized carbons (Fsp3) is 0.658. The lowest BCUT2D eigenvalue weighted by Crippen LogP contribution is -2.58. The quantitative estimate of drug-likeness (QED) is 0.250. The van der Waals surface area contributed by atoms with Gasteiger partial charge in [-0.2, -0.15) is 4.31 Å². The van der Waals surface area contributed by atoms with Crippen molar-refractivity contribution >= 4 is 15.8 Å². The number of sulfonamides is 1. The fourth-order valence-corrected chi connectivity index (χ4v) is 10.7. The number of carbonyl (C=O) groups is 1. The smallest absolute Gasteiger partial charge is 0.228 e. The molecule has 6 aliphatic carbocycles. The highest BCUT2D eigenvalue weighted by Gasteiger charge is 2.59. The van der Waals surface area contributed by atoms with Gasteiger partial charge in [-0.1, -0.05) is 44.6 Å². The molecule has 2 N–H and O–H groups in total. The van der Waals surface area contributed by atoms with E-state index in [1.165, 1.54) is 24.5 Å². The molecule has 4 fully saturated rings. The third-order valence-electron chi connectivity index (χ3n) is 13.0. The molecular weight excluding hydrogens is 598 g/mol. The molecule has 0 unspecified atom stereocenters. The number of fused-ring (bicyclic) bond motifs is 10. The van der Waals surface area contributed by atoms with Gasteiger partial charge in [0.1, 0.15) is 0 Å². The second kappa shape index (κ2) is 12.3. The summed E-state index contributed by atoms with van der Waals surface area (Å²) in [6.07, 6.45) is 12.1. The molecule has 0 spiro atoms. The summed E-state index contributed by atoms with van der Waals surface area (Å²) in [5.74, 6) is 1.39. The molecule has 252 valence electrons. The number of allylic oxidation sites excluding steroid dienone is 2. The van der Waals surface area contributed by atoms with E-state index in [1.807, 2.05) is 18.2 Å². The highest BCUT2D eigenvalue weighted by Crippen LogP contribution is 2.62. The van der Waals surface area contributed by atoms with Crippen LogP contribution in [0, 0.1) is 28.6 Å². The summed E-state index contributed by atoms with van der Waals surface area (Å²) < 4.78 is 34.0. The van der Waals surface area contributed by atoms with Gasteiger partial charge in [0.2, 0.25) is 15.8 Å². The zero-order chi connectivity index (χ0) is 33.1. The Labute approximate surface area is 275 Å². The third kappa shape index (κ3) is 6.08. The highest BCUT2D eigenvalue weighted by atomic mass is 32.2. The van der Waals surface area contributed by atoms with Gasteiger partial charge in [0, 0.05) is 24.1 Å². The Bertz CT molecular complexity index is 1580. The molecule has 6 aliphatic rings. The van der Waals surface area contributed by atoms with Gasteiger partial charge in [-0.15, -0.1) is 0 Å². The van der Waals surface area contributed by atoms with Gasteiger partial charge in [0.15, 0.2) is 5.76 Å². The molecule has 0 saturated heterocycles. The first-order valence-corrected chi connectivity index (χ1v) is 19.2. The summed E-state index contributed by atoms with van der Waals surface area (Å²) in [7, 11) is -3.59. The summed E-state index contributed by atoms with van der Waals surface area (Å²) >= 11 is 0. The van der Waals surface area contributed by atoms with Crippen molar-refractivity contribution in [2.45, 2.75) is 110 Å². The maximum Gasteiger partial charge on any atom is 0.228 e. The standard InChI is InChI=1S/C38H53NO6S/c1-25-8-6-17-37(4)32(30-15-11-26(20-29(40)14-10-25)21-31(30)35(41)34-9-7-19-45-34)16-18-38(37,42)24-39(46(5,43)44)23-27-12-13-28-22-33(27)36(28,2)3/h7-9,11,15,19,21,27-29,32-33,40,42H,6,10,12-14,16-18,20,22-24H2,1-5H3/t27-,28-,29-,32-,33-,37-,38+/m0/s1. The van der Waals surface area contributed by atoms with E-state index in [1.54, 1.807) is 16.4 Å². The third-order valence-corrected chi connectivity index (χ3v) is 14.2. The minimum Gasteiger partial charge on any atom is -0.461 e. The predicted octanol–water partition coefficient (Wildman–Crippen LogP) is 6.88. The molecule has 46 heavy (non-hydrogen) atoms. The first-order valence-electron chi connectivity index (χ1n) is 17.3. The molecule has 4 saturated carbocycles. The van der Waals surface area contributed by atoms with Crippen molar-refractivity contribution in [3.05, 3.63) is 70.7 Å². The molecular formula is C38H53NO6S. The van der Waals surface area contributed by atoms with E-state index < -0.39 is 27.1 Å². The van der Waals surface area contributed by atoms with Crippen LogP contribution in [-0.2, 0) is 16.4 Å². The Hall–Kier alpha value is -2.26. The minimum atomic E-state index is -3.59. The average molecular weight is 652 g/mol. The molecule has 7 atom stereocenters. The summed E-state index contributed by atoms with van der Waals surface area (Å²) in [5, 5.41) is 23.6. The first kappa shape index (κ1) is 33.6. The molecule has 1 heterocycles. The zero-order valence-corrected chi connectivity index (χ0v) is 29.1. The Kier molecular flexibility index (Phi) is 9.01. The molecule has 8 heteroatoms. The maximum absolute atomic E-state index is 13.9. The molecule has 1 aromatic heterocycles. The van der Waals surface area contributed by atoms with Crippen LogP contribution >= 0.6 is 0 Å². The van der Waals surface area contributed by atoms with E-state index in [0.717, 1.165) is 42.7 Å². The highest BCUT2D eigenvalue weighted by molar-refractivity contribution is 7.88. The Balaban J connectivity index is 1.39. The van der Waals surface area contributed by atoms with Crippen molar-refractivity contribution in [2.24, 2.45) is 28.6 Å². The van der Waals surface area contributed by atoms with Crippen molar-refractivity contribution in [3.8, 4) is 0 Å². The van der Waals surface area contributed by atoms with Crippen molar-refractivity contribution < 1.29 is 27.8 Å². The number of hydrogen-bond donors (Lipinski definition) is 2. The summed E-state index contributed by atoms with van der Waals surface area (Å²) in [5.41, 5.74) is 1.73. The lowest BCUT2D eigenvalue weighted by molar-refractivity contribution is -0.114. The number of benzene rings is 1. The lowest BCUT2D eigenvalue weighted by atomic mass is 9.45. The molecule has 2 aromatic rings. The number of furan rings is 1. The van der Waals surface area contributed by atoms with Gasteiger partial charge in [0.05, 0.1) is 24.2 Å². The van der Waals surface area contributed by atoms with E-state index in [0.29, 0.717) is 56.0 Å². The van der Waals surface area contributed by atoms with Crippen molar-refractivity contribution in [1.29, 1.82) is 0 Å². The average Bonchev–Trinajstić information content (AvgIpc) is 3.62.